The van der Waals surface area contributed by atoms with Crippen LogP contribution < -0.4 is 9.80 Å². The Morgan fingerprint density at radius 3 is 1.06 bits per heavy atom. The first-order valence-corrected chi connectivity index (χ1v) is 18.5. The number of benzene rings is 6. The summed E-state index contributed by atoms with van der Waals surface area (Å²) in [5.41, 5.74) is 3.04. The van der Waals surface area contributed by atoms with Gasteiger partial charge in [-0.15, -0.1) is 0 Å². The number of aromatic hydroxyl groups is 2. The number of hydrogen-bond acceptors (Lipinski definition) is 6. The number of phenols is 2. The molecule has 0 radical (unpaired) electrons. The molecule has 6 aromatic rings. The number of hydrogen-bond donors (Lipinski definition) is 4. The number of anilines is 2. The van der Waals surface area contributed by atoms with E-state index in [9.17, 15) is 20.4 Å². The van der Waals surface area contributed by atoms with Crippen molar-refractivity contribution in [3.05, 3.63) is 96.1 Å². The Morgan fingerprint density at radius 1 is 0.460 bits per heavy atom. The summed E-state index contributed by atoms with van der Waals surface area (Å²) < 4.78 is 0. The zero-order valence-electron chi connectivity index (χ0n) is 29.7. The van der Waals surface area contributed by atoms with Crippen LogP contribution >= 0.6 is 0 Å². The van der Waals surface area contributed by atoms with Gasteiger partial charge < -0.3 is 30.2 Å². The van der Waals surface area contributed by atoms with Crippen molar-refractivity contribution in [3.8, 4) is 11.5 Å². The average molecular weight is 671 g/mol. The number of fused-ring (bicyclic) bond motifs is 4. The molecule has 1 aliphatic carbocycles. The van der Waals surface area contributed by atoms with E-state index in [1.54, 1.807) is 0 Å². The highest BCUT2D eigenvalue weighted by atomic mass is 16.3. The Labute approximate surface area is 295 Å². The predicted molar refractivity (Wildman–Crippen MR) is 209 cm³/mol. The third-order valence-electron chi connectivity index (χ3n) is 10.8. The molecular weight excluding hydrogens is 620 g/mol. The van der Waals surface area contributed by atoms with E-state index in [2.05, 4.69) is 86.0 Å². The van der Waals surface area contributed by atoms with Crippen LogP contribution in [0.2, 0.25) is 0 Å². The smallest absolute Gasteiger partial charge is 0.121 e. The standard InChI is InChI=1S/C44H50N2O4/c1-5-17-45(18-6-2)35-25-37(47)39(33-23-29-15-11-9-13-27(29)21-31(33)35)41-43(49)42(44(41)50)40-34-24-30-16-12-10-14-28(30)22-32(34)36(26-38(40)48)46(19-7-3)20-8-4/h9-16,21-26,41-44,47-50H,5-8,17-20H2,1-4H3. The van der Waals surface area contributed by atoms with Crippen LogP contribution in [-0.4, -0.2) is 58.8 Å². The maximum Gasteiger partial charge on any atom is 0.121 e. The Morgan fingerprint density at radius 2 is 0.760 bits per heavy atom. The molecular formula is C44H50N2O4. The number of nitrogens with zero attached hydrogens (tertiary/aromatic N) is 2. The molecule has 0 amide bonds. The molecule has 1 saturated carbocycles. The molecule has 0 aromatic heterocycles. The Bertz CT molecular complexity index is 2000. The maximum atomic E-state index is 12.1. The molecule has 0 bridgehead atoms. The minimum atomic E-state index is -1.03. The lowest BCUT2D eigenvalue weighted by atomic mass is 9.61. The zero-order valence-corrected chi connectivity index (χ0v) is 29.7. The van der Waals surface area contributed by atoms with Gasteiger partial charge in [-0.1, -0.05) is 76.2 Å². The molecule has 0 aliphatic heterocycles. The van der Waals surface area contributed by atoms with E-state index >= 15 is 0 Å². The van der Waals surface area contributed by atoms with Crippen LogP contribution in [0.4, 0.5) is 11.4 Å². The highest BCUT2D eigenvalue weighted by Crippen LogP contribution is 2.56. The van der Waals surface area contributed by atoms with E-state index in [-0.39, 0.29) is 11.5 Å². The van der Waals surface area contributed by atoms with E-state index in [4.69, 9.17) is 0 Å². The summed E-state index contributed by atoms with van der Waals surface area (Å²) in [6.07, 6.45) is 1.82. The molecule has 50 heavy (non-hydrogen) atoms. The first kappa shape index (κ1) is 34.0. The molecule has 0 spiro atoms. The van der Waals surface area contributed by atoms with Gasteiger partial charge >= 0.3 is 0 Å². The molecule has 0 heterocycles. The normalized spacial score (nSPS) is 19.0. The third kappa shape index (κ3) is 5.69. The van der Waals surface area contributed by atoms with Crippen molar-refractivity contribution in [1.29, 1.82) is 0 Å². The average Bonchev–Trinajstić information content (AvgIpc) is 3.12. The molecule has 0 unspecified atom stereocenters. The molecule has 260 valence electrons. The van der Waals surface area contributed by atoms with Crippen molar-refractivity contribution < 1.29 is 20.4 Å². The van der Waals surface area contributed by atoms with Gasteiger partial charge in [-0.05, 0) is 82.3 Å². The largest absolute Gasteiger partial charge is 0.508 e. The minimum absolute atomic E-state index is 0.0757. The van der Waals surface area contributed by atoms with E-state index in [0.29, 0.717) is 11.1 Å². The lowest BCUT2D eigenvalue weighted by molar-refractivity contribution is -0.0787. The Balaban J connectivity index is 1.39. The van der Waals surface area contributed by atoms with Gasteiger partial charge in [0, 0.05) is 83.4 Å². The van der Waals surface area contributed by atoms with Crippen LogP contribution in [0.5, 0.6) is 11.5 Å². The van der Waals surface area contributed by atoms with E-state index in [1.165, 1.54) is 0 Å². The van der Waals surface area contributed by atoms with Crippen LogP contribution in [-0.2, 0) is 0 Å². The topological polar surface area (TPSA) is 87.4 Å². The van der Waals surface area contributed by atoms with Crippen molar-refractivity contribution >= 4 is 54.5 Å². The van der Waals surface area contributed by atoms with Gasteiger partial charge in [0.15, 0.2) is 0 Å². The highest BCUT2D eigenvalue weighted by Gasteiger charge is 2.53. The summed E-state index contributed by atoms with van der Waals surface area (Å²) in [5.74, 6) is -1.33. The van der Waals surface area contributed by atoms with E-state index in [0.717, 1.165) is 106 Å². The van der Waals surface area contributed by atoms with E-state index < -0.39 is 24.0 Å². The van der Waals surface area contributed by atoms with Gasteiger partial charge in [0.1, 0.15) is 11.5 Å². The lowest BCUT2D eigenvalue weighted by Gasteiger charge is -2.48. The molecule has 0 saturated heterocycles. The summed E-state index contributed by atoms with van der Waals surface area (Å²) in [6.45, 7) is 12.1. The third-order valence-corrected chi connectivity index (χ3v) is 10.8. The van der Waals surface area contributed by atoms with Gasteiger partial charge in [0.25, 0.3) is 0 Å². The molecule has 0 atom stereocenters. The fourth-order valence-corrected chi connectivity index (χ4v) is 8.59. The summed E-state index contributed by atoms with van der Waals surface area (Å²) in [6, 6.07) is 28.6. The van der Waals surface area contributed by atoms with Gasteiger partial charge in [0.05, 0.1) is 12.2 Å². The van der Waals surface area contributed by atoms with Gasteiger partial charge in [-0.25, -0.2) is 0 Å². The van der Waals surface area contributed by atoms with Gasteiger partial charge in [0.2, 0.25) is 0 Å². The van der Waals surface area contributed by atoms with Crippen LogP contribution in [0.1, 0.15) is 76.3 Å². The second kappa shape index (κ2) is 14.0. The van der Waals surface area contributed by atoms with Crippen molar-refractivity contribution in [2.24, 2.45) is 0 Å². The zero-order chi connectivity index (χ0) is 35.1. The second-order valence-corrected chi connectivity index (χ2v) is 14.2. The minimum Gasteiger partial charge on any atom is -0.508 e. The van der Waals surface area contributed by atoms with Crippen molar-refractivity contribution in [3.63, 3.8) is 0 Å². The monoisotopic (exact) mass is 670 g/mol. The summed E-state index contributed by atoms with van der Waals surface area (Å²) in [5, 5.41) is 55.8. The second-order valence-electron chi connectivity index (χ2n) is 14.2. The van der Waals surface area contributed by atoms with Crippen LogP contribution in [0.3, 0.4) is 0 Å². The molecule has 6 heteroatoms. The molecule has 1 aliphatic rings. The molecule has 6 aromatic carbocycles. The van der Waals surface area contributed by atoms with Crippen molar-refractivity contribution in [2.45, 2.75) is 77.4 Å². The number of aliphatic hydroxyl groups excluding tert-OH is 2. The number of aliphatic hydroxyl groups is 2. The van der Waals surface area contributed by atoms with Gasteiger partial charge in [-0.2, -0.15) is 0 Å². The first-order valence-electron chi connectivity index (χ1n) is 18.5. The number of phenolic OH excluding ortho intramolecular Hbond substituents is 2. The van der Waals surface area contributed by atoms with Crippen LogP contribution in [0, 0.1) is 0 Å². The lowest BCUT2D eigenvalue weighted by Crippen LogP contribution is -2.51. The first-order chi connectivity index (χ1) is 24.3. The number of rotatable bonds is 12. The Hall–Kier alpha value is -4.52. The maximum absolute atomic E-state index is 12.1. The molecule has 6 nitrogen and oxygen atoms in total. The van der Waals surface area contributed by atoms with E-state index in [1.807, 2.05) is 36.4 Å². The summed E-state index contributed by atoms with van der Waals surface area (Å²) >= 11 is 0. The van der Waals surface area contributed by atoms with Crippen molar-refractivity contribution in [2.75, 3.05) is 36.0 Å². The van der Waals surface area contributed by atoms with Gasteiger partial charge in [-0.3, -0.25) is 0 Å². The molecule has 7 rings (SSSR count). The van der Waals surface area contributed by atoms with Crippen LogP contribution in [0.15, 0.2) is 84.9 Å². The SMILES string of the molecule is CCCN(CCC)c1cc(O)c(C2C(O)C(c3c(O)cc(N(CCC)CCC)c4cc5ccccc5cc34)C2O)c2cc3ccccc3cc12. The van der Waals surface area contributed by atoms with Crippen LogP contribution in [0.25, 0.3) is 43.1 Å². The summed E-state index contributed by atoms with van der Waals surface area (Å²) in [7, 11) is 0. The fraction of sp³-hybridized carbons (Fsp3) is 0.364. The fourth-order valence-electron chi connectivity index (χ4n) is 8.59. The predicted octanol–water partition coefficient (Wildman–Crippen LogP) is 9.57. The molecule has 4 N–H and O–H groups in total. The van der Waals surface area contributed by atoms with Crippen molar-refractivity contribution in [1.82, 2.24) is 0 Å². The highest BCUT2D eigenvalue weighted by molar-refractivity contribution is 6.08. The Kier molecular flexibility index (Phi) is 9.51. The summed E-state index contributed by atoms with van der Waals surface area (Å²) in [4.78, 5) is 4.65. The quantitative estimate of drug-likeness (QED) is 0.0971. The molecule has 1 fully saturated rings.